The average Bonchev–Trinajstić information content (AvgIpc) is 3.20. The van der Waals surface area contributed by atoms with Gasteiger partial charge in [-0.3, -0.25) is 4.90 Å². The largest absolute Gasteiger partial charge is 0.477 e. The van der Waals surface area contributed by atoms with Gasteiger partial charge in [0.2, 0.25) is 0 Å². The topological polar surface area (TPSA) is 91.5 Å². The third-order valence-corrected chi connectivity index (χ3v) is 3.53. The number of likely N-dealkylation sites (N-methyl/N-ethyl adjacent to an activating group) is 1. The van der Waals surface area contributed by atoms with Gasteiger partial charge >= 0.3 is 5.97 Å². The van der Waals surface area contributed by atoms with Gasteiger partial charge in [0, 0.05) is 18.6 Å². The van der Waals surface area contributed by atoms with E-state index in [4.69, 9.17) is 10.8 Å². The number of carboxylic acids is 1. The molecule has 104 valence electrons. The second kappa shape index (κ2) is 5.44. The first kappa shape index (κ1) is 13.6. The molecule has 0 aliphatic heterocycles. The van der Waals surface area contributed by atoms with Gasteiger partial charge in [-0.1, -0.05) is 0 Å². The zero-order valence-electron chi connectivity index (χ0n) is 11.3. The van der Waals surface area contributed by atoms with Crippen molar-refractivity contribution in [3.05, 3.63) is 17.8 Å². The zero-order chi connectivity index (χ0) is 14.0. The Morgan fingerprint density at radius 3 is 2.89 bits per heavy atom. The molecule has 0 radical (unpaired) electrons. The van der Waals surface area contributed by atoms with Crippen LogP contribution in [0.15, 0.2) is 12.1 Å². The molecule has 2 rings (SSSR count). The molecule has 0 amide bonds. The maximum absolute atomic E-state index is 10.9. The number of rotatable bonds is 6. The van der Waals surface area contributed by atoms with E-state index in [0.29, 0.717) is 30.1 Å². The number of carbonyl (C=O) groups is 1. The van der Waals surface area contributed by atoms with E-state index in [1.165, 1.54) is 18.9 Å². The summed E-state index contributed by atoms with van der Waals surface area (Å²) >= 11 is 0. The number of anilines is 2. The minimum Gasteiger partial charge on any atom is -0.477 e. The fourth-order valence-electron chi connectivity index (χ4n) is 1.96. The lowest BCUT2D eigenvalue weighted by molar-refractivity contribution is 0.0690. The van der Waals surface area contributed by atoms with Gasteiger partial charge in [0.1, 0.15) is 5.82 Å². The van der Waals surface area contributed by atoms with Gasteiger partial charge in [0.15, 0.2) is 5.69 Å². The summed E-state index contributed by atoms with van der Waals surface area (Å²) in [7, 11) is 2.11. The third-order valence-electron chi connectivity index (χ3n) is 3.53. The molecule has 0 bridgehead atoms. The van der Waals surface area contributed by atoms with Gasteiger partial charge in [-0.25, -0.2) is 9.78 Å². The Morgan fingerprint density at radius 2 is 2.32 bits per heavy atom. The third kappa shape index (κ3) is 3.35. The molecule has 0 saturated heterocycles. The van der Waals surface area contributed by atoms with E-state index in [9.17, 15) is 4.79 Å². The van der Waals surface area contributed by atoms with Crippen molar-refractivity contribution in [2.45, 2.75) is 31.8 Å². The molecule has 1 fully saturated rings. The monoisotopic (exact) mass is 264 g/mol. The normalized spacial score (nSPS) is 16.4. The zero-order valence-corrected chi connectivity index (χ0v) is 11.3. The van der Waals surface area contributed by atoms with Crippen molar-refractivity contribution in [1.82, 2.24) is 9.88 Å². The van der Waals surface area contributed by atoms with E-state index >= 15 is 0 Å². The molecular weight excluding hydrogens is 244 g/mol. The number of hydrogen-bond acceptors (Lipinski definition) is 5. The Balaban J connectivity index is 1.98. The highest BCUT2D eigenvalue weighted by atomic mass is 16.4. The van der Waals surface area contributed by atoms with Crippen molar-refractivity contribution < 1.29 is 9.90 Å². The van der Waals surface area contributed by atoms with Crippen LogP contribution >= 0.6 is 0 Å². The van der Waals surface area contributed by atoms with E-state index in [2.05, 4.69) is 29.2 Å². The van der Waals surface area contributed by atoms with Crippen LogP contribution in [0.2, 0.25) is 0 Å². The summed E-state index contributed by atoms with van der Waals surface area (Å²) in [4.78, 5) is 17.2. The molecule has 1 aliphatic rings. The summed E-state index contributed by atoms with van der Waals surface area (Å²) in [6, 6.07) is 4.01. The Bertz CT molecular complexity index is 474. The number of carboxylic acid groups (broad SMARTS) is 1. The van der Waals surface area contributed by atoms with Crippen molar-refractivity contribution in [3.63, 3.8) is 0 Å². The predicted molar refractivity (Wildman–Crippen MR) is 74.3 cm³/mol. The lowest BCUT2D eigenvalue weighted by Crippen LogP contribution is -2.36. The van der Waals surface area contributed by atoms with E-state index in [0.717, 1.165) is 0 Å². The van der Waals surface area contributed by atoms with Crippen LogP contribution in [-0.2, 0) is 0 Å². The molecule has 6 nitrogen and oxygen atoms in total. The van der Waals surface area contributed by atoms with Crippen LogP contribution in [0.1, 0.15) is 30.3 Å². The van der Waals surface area contributed by atoms with Gasteiger partial charge in [0.05, 0.1) is 5.69 Å². The van der Waals surface area contributed by atoms with Crippen molar-refractivity contribution in [3.8, 4) is 0 Å². The fourth-order valence-corrected chi connectivity index (χ4v) is 1.96. The summed E-state index contributed by atoms with van der Waals surface area (Å²) in [5.41, 5.74) is 6.26. The van der Waals surface area contributed by atoms with Crippen LogP contribution < -0.4 is 11.1 Å². The smallest absolute Gasteiger partial charge is 0.354 e. The first-order chi connectivity index (χ1) is 8.99. The molecule has 0 spiro atoms. The van der Waals surface area contributed by atoms with Crippen LogP contribution in [0, 0.1) is 0 Å². The second-order valence-electron chi connectivity index (χ2n) is 5.07. The molecule has 1 aromatic heterocycles. The highest BCUT2D eigenvalue weighted by Gasteiger charge is 2.28. The van der Waals surface area contributed by atoms with E-state index in [1.807, 2.05) is 0 Å². The minimum atomic E-state index is -1.05. The van der Waals surface area contributed by atoms with Gasteiger partial charge in [-0.15, -0.1) is 0 Å². The number of aromatic nitrogens is 1. The van der Waals surface area contributed by atoms with Crippen LogP contribution in [0.25, 0.3) is 0 Å². The maximum Gasteiger partial charge on any atom is 0.354 e. The minimum absolute atomic E-state index is 0.0000921. The molecule has 4 N–H and O–H groups in total. The number of pyridine rings is 1. The standard InChI is InChI=1S/C13H20N4O2/c1-8(17(2)9-3-4-9)7-15-12-10(14)5-6-11(16-12)13(18)19/h5-6,8-9H,3-4,7,14H2,1-2H3,(H,15,16)(H,18,19). The van der Waals surface area contributed by atoms with Gasteiger partial charge < -0.3 is 16.2 Å². The summed E-state index contributed by atoms with van der Waals surface area (Å²) in [5, 5.41) is 12.0. The highest BCUT2D eigenvalue weighted by Crippen LogP contribution is 2.27. The predicted octanol–water partition coefficient (Wildman–Crippen LogP) is 1.26. The van der Waals surface area contributed by atoms with Crippen LogP contribution in [0.4, 0.5) is 11.5 Å². The first-order valence-electron chi connectivity index (χ1n) is 6.44. The maximum atomic E-state index is 10.9. The molecule has 1 aliphatic carbocycles. The van der Waals surface area contributed by atoms with Crippen molar-refractivity contribution in [1.29, 1.82) is 0 Å². The summed E-state index contributed by atoms with van der Waals surface area (Å²) < 4.78 is 0. The lowest BCUT2D eigenvalue weighted by Gasteiger charge is -2.25. The quantitative estimate of drug-likeness (QED) is 0.716. The number of nitrogens with two attached hydrogens (primary N) is 1. The molecular formula is C13H20N4O2. The summed E-state index contributed by atoms with van der Waals surface area (Å²) in [6.07, 6.45) is 2.52. The summed E-state index contributed by atoms with van der Waals surface area (Å²) in [6.45, 7) is 2.82. The Kier molecular flexibility index (Phi) is 3.90. The molecule has 6 heteroatoms. The van der Waals surface area contributed by atoms with Gasteiger partial charge in [-0.05, 0) is 38.9 Å². The van der Waals surface area contributed by atoms with E-state index in [1.54, 1.807) is 6.07 Å². The Hall–Kier alpha value is -1.82. The van der Waals surface area contributed by atoms with Crippen LogP contribution in [-0.4, -0.2) is 46.6 Å². The number of nitrogens with zero attached hydrogens (tertiary/aromatic N) is 2. The van der Waals surface area contributed by atoms with Gasteiger partial charge in [-0.2, -0.15) is 0 Å². The Morgan fingerprint density at radius 1 is 1.63 bits per heavy atom. The first-order valence-corrected chi connectivity index (χ1v) is 6.44. The van der Waals surface area contributed by atoms with Crippen LogP contribution in [0.5, 0.6) is 0 Å². The van der Waals surface area contributed by atoms with Crippen molar-refractivity contribution in [2.24, 2.45) is 0 Å². The molecule has 0 aromatic carbocycles. The fraction of sp³-hybridized carbons (Fsp3) is 0.538. The van der Waals surface area contributed by atoms with Crippen molar-refractivity contribution in [2.75, 3.05) is 24.6 Å². The molecule has 1 unspecified atom stereocenters. The number of nitrogens with one attached hydrogen (secondary N) is 1. The average molecular weight is 264 g/mol. The molecule has 1 atom stereocenters. The van der Waals surface area contributed by atoms with E-state index in [-0.39, 0.29) is 5.69 Å². The second-order valence-corrected chi connectivity index (χ2v) is 5.07. The summed E-state index contributed by atoms with van der Waals surface area (Å²) in [5.74, 6) is -0.609. The molecule has 1 saturated carbocycles. The Labute approximate surface area is 112 Å². The highest BCUT2D eigenvalue weighted by molar-refractivity contribution is 5.86. The number of hydrogen-bond donors (Lipinski definition) is 3. The van der Waals surface area contributed by atoms with Crippen LogP contribution in [0.3, 0.4) is 0 Å². The molecule has 19 heavy (non-hydrogen) atoms. The van der Waals surface area contributed by atoms with E-state index < -0.39 is 5.97 Å². The van der Waals surface area contributed by atoms with Crippen molar-refractivity contribution >= 4 is 17.5 Å². The molecule has 1 aromatic rings. The SMILES string of the molecule is CC(CNc1nc(C(=O)O)ccc1N)N(C)C1CC1. The number of nitrogen functional groups attached to an aromatic ring is 1. The van der Waals surface area contributed by atoms with Gasteiger partial charge in [0.25, 0.3) is 0 Å². The lowest BCUT2D eigenvalue weighted by atomic mass is 10.2. The number of aromatic carboxylic acids is 1. The molecule has 1 heterocycles.